The van der Waals surface area contributed by atoms with Crippen LogP contribution in [0.4, 0.5) is 10.2 Å². The number of nitriles is 1. The average molecular weight is 570 g/mol. The normalized spacial score (nSPS) is 14.7. The first-order valence-electron chi connectivity index (χ1n) is 14.7. The summed E-state index contributed by atoms with van der Waals surface area (Å²) in [5.41, 5.74) is 4.89. The number of aromatic nitrogens is 3. The van der Waals surface area contributed by atoms with Gasteiger partial charge in [-0.1, -0.05) is 6.07 Å². The Morgan fingerprint density at radius 3 is 2.57 bits per heavy atom. The Kier molecular flexibility index (Phi) is 9.05. The van der Waals surface area contributed by atoms with Gasteiger partial charge < -0.3 is 15.0 Å². The van der Waals surface area contributed by atoms with Crippen LogP contribution in [0.3, 0.4) is 0 Å². The largest absolute Gasteiger partial charge is 0.451 e. The summed E-state index contributed by atoms with van der Waals surface area (Å²) in [6.07, 6.45) is 5.12. The molecular formula is C33H40FN7O. The van der Waals surface area contributed by atoms with Gasteiger partial charge in [0.1, 0.15) is 29.7 Å². The molecule has 42 heavy (non-hydrogen) atoms. The predicted molar refractivity (Wildman–Crippen MR) is 164 cm³/mol. The lowest BCUT2D eigenvalue weighted by atomic mass is 10.0. The first-order chi connectivity index (χ1) is 20.2. The third-order valence-electron chi connectivity index (χ3n) is 8.23. The van der Waals surface area contributed by atoms with Crippen LogP contribution < -0.4 is 10.1 Å². The fourth-order valence-electron chi connectivity index (χ4n) is 5.84. The molecule has 9 heteroatoms. The van der Waals surface area contributed by atoms with Crippen molar-refractivity contribution in [3.63, 3.8) is 0 Å². The second kappa shape index (κ2) is 12.9. The monoisotopic (exact) mass is 569 g/mol. The highest BCUT2D eigenvalue weighted by atomic mass is 19.1. The van der Waals surface area contributed by atoms with Crippen LogP contribution in [0.2, 0.25) is 0 Å². The van der Waals surface area contributed by atoms with Crippen molar-refractivity contribution >= 4 is 16.7 Å². The summed E-state index contributed by atoms with van der Waals surface area (Å²) in [4.78, 5) is 16.6. The molecule has 0 saturated carbocycles. The number of piperidine rings is 1. The summed E-state index contributed by atoms with van der Waals surface area (Å²) in [6, 6.07) is 13.9. The molecule has 5 rings (SSSR count). The van der Waals surface area contributed by atoms with Crippen molar-refractivity contribution in [1.29, 1.82) is 5.26 Å². The van der Waals surface area contributed by atoms with Gasteiger partial charge in [0.15, 0.2) is 11.6 Å². The van der Waals surface area contributed by atoms with Crippen molar-refractivity contribution in [1.82, 2.24) is 24.8 Å². The third kappa shape index (κ3) is 6.72. The van der Waals surface area contributed by atoms with Crippen LogP contribution in [0.15, 0.2) is 48.9 Å². The highest BCUT2D eigenvalue weighted by Gasteiger charge is 2.23. The summed E-state index contributed by atoms with van der Waals surface area (Å²) >= 11 is 0. The lowest BCUT2D eigenvalue weighted by Crippen LogP contribution is -2.39. The van der Waals surface area contributed by atoms with Gasteiger partial charge in [-0.3, -0.25) is 9.80 Å². The molecule has 1 fully saturated rings. The van der Waals surface area contributed by atoms with E-state index in [1.54, 1.807) is 18.3 Å². The van der Waals surface area contributed by atoms with Crippen LogP contribution >= 0.6 is 0 Å². The van der Waals surface area contributed by atoms with Crippen molar-refractivity contribution in [3.8, 4) is 17.6 Å². The van der Waals surface area contributed by atoms with Crippen molar-refractivity contribution in [3.05, 3.63) is 77.1 Å². The van der Waals surface area contributed by atoms with Gasteiger partial charge in [0.25, 0.3) is 0 Å². The van der Waals surface area contributed by atoms with Crippen LogP contribution in [0.5, 0.6) is 11.5 Å². The fraction of sp³-hybridized carbons (Fsp3) is 0.424. The van der Waals surface area contributed by atoms with E-state index in [9.17, 15) is 9.65 Å². The Labute approximate surface area is 247 Å². The van der Waals surface area contributed by atoms with Gasteiger partial charge in [0.05, 0.1) is 6.20 Å². The molecule has 0 amide bonds. The Hall–Kier alpha value is -4.00. The number of aryl methyl sites for hydroxylation is 1. The van der Waals surface area contributed by atoms with Gasteiger partial charge >= 0.3 is 0 Å². The molecule has 1 aliphatic rings. The van der Waals surface area contributed by atoms with Crippen molar-refractivity contribution in [2.45, 2.75) is 78.7 Å². The van der Waals surface area contributed by atoms with Crippen LogP contribution in [-0.4, -0.2) is 56.0 Å². The Morgan fingerprint density at radius 1 is 1.10 bits per heavy atom. The van der Waals surface area contributed by atoms with Crippen LogP contribution in [0.1, 0.15) is 62.9 Å². The van der Waals surface area contributed by atoms with Crippen molar-refractivity contribution < 1.29 is 9.13 Å². The number of fused-ring (bicyclic) bond motifs is 1. The Morgan fingerprint density at radius 2 is 1.86 bits per heavy atom. The molecule has 0 unspecified atom stereocenters. The van der Waals surface area contributed by atoms with Crippen LogP contribution in [0.25, 0.3) is 10.9 Å². The van der Waals surface area contributed by atoms with Crippen LogP contribution in [0, 0.1) is 24.1 Å². The van der Waals surface area contributed by atoms with Crippen molar-refractivity contribution in [2.24, 2.45) is 0 Å². The first-order valence-corrected chi connectivity index (χ1v) is 14.7. The minimum Gasteiger partial charge on any atom is -0.451 e. The number of nitrogens with zero attached hydrogens (tertiary/aromatic N) is 5. The molecule has 0 bridgehead atoms. The maximum Gasteiger partial charge on any atom is 0.187 e. The molecule has 1 saturated heterocycles. The number of rotatable bonds is 10. The molecule has 1 aliphatic heterocycles. The molecule has 8 nitrogen and oxygen atoms in total. The minimum atomic E-state index is -0.283. The number of hydrogen-bond acceptors (Lipinski definition) is 7. The summed E-state index contributed by atoms with van der Waals surface area (Å²) in [5.74, 6) is 1.49. The second-order valence-electron chi connectivity index (χ2n) is 11.8. The maximum absolute atomic E-state index is 14.3. The number of nitrogens with one attached hydrogen (secondary N) is 2. The zero-order chi connectivity index (χ0) is 29.8. The number of anilines is 1. The number of aromatic amines is 1. The van der Waals surface area contributed by atoms with E-state index in [0.717, 1.165) is 48.9 Å². The molecule has 2 aromatic carbocycles. The number of hydrogen-bond donors (Lipinski definition) is 2. The Bertz CT molecular complexity index is 1560. The van der Waals surface area contributed by atoms with E-state index >= 15 is 0 Å². The minimum absolute atomic E-state index is 0.245. The van der Waals surface area contributed by atoms with Gasteiger partial charge in [-0.2, -0.15) is 5.26 Å². The van der Waals surface area contributed by atoms with Crippen molar-refractivity contribution in [2.75, 3.05) is 18.4 Å². The van der Waals surface area contributed by atoms with E-state index in [4.69, 9.17) is 4.74 Å². The number of benzene rings is 2. The molecule has 4 aromatic rings. The lowest BCUT2D eigenvalue weighted by molar-refractivity contribution is 0.164. The van der Waals surface area contributed by atoms with E-state index in [-0.39, 0.29) is 11.9 Å². The van der Waals surface area contributed by atoms with Gasteiger partial charge in [0.2, 0.25) is 0 Å². The topological polar surface area (TPSA) is 93.1 Å². The fourth-order valence-corrected chi connectivity index (χ4v) is 5.84. The smallest absolute Gasteiger partial charge is 0.187 e. The summed E-state index contributed by atoms with van der Waals surface area (Å²) in [5, 5.41) is 13.9. The zero-order valence-corrected chi connectivity index (χ0v) is 25.1. The number of likely N-dealkylation sites (tertiary alicyclic amines) is 1. The highest BCUT2D eigenvalue weighted by molar-refractivity contribution is 5.85. The average Bonchev–Trinajstić information content (AvgIpc) is 3.40. The lowest BCUT2D eigenvalue weighted by Gasteiger charge is -2.33. The number of ether oxygens (including phenoxy) is 1. The van der Waals surface area contributed by atoms with Gasteiger partial charge in [-0.25, -0.2) is 14.4 Å². The SMILES string of the molecule is Cc1c(CN2CCC(Nc3ncncc3Oc3ccc(F)cc3CN(C(C)C)C(C)C)CC2)ccc2[nH]c(C#N)cc12. The number of halogens is 1. The molecule has 0 aliphatic carbocycles. The van der Waals surface area contributed by atoms with E-state index in [1.807, 2.05) is 6.07 Å². The van der Waals surface area contributed by atoms with E-state index in [2.05, 4.69) is 82.9 Å². The molecule has 2 aromatic heterocycles. The van der Waals surface area contributed by atoms with Gasteiger partial charge in [-0.05, 0) is 88.9 Å². The van der Waals surface area contributed by atoms with E-state index < -0.39 is 0 Å². The van der Waals surface area contributed by atoms with Crippen LogP contribution in [-0.2, 0) is 13.1 Å². The summed E-state index contributed by atoms with van der Waals surface area (Å²) in [6.45, 7) is 14.1. The summed E-state index contributed by atoms with van der Waals surface area (Å²) in [7, 11) is 0. The molecule has 3 heterocycles. The van der Waals surface area contributed by atoms with E-state index in [1.165, 1.54) is 23.5 Å². The standard InChI is InChI=1S/C33H40FN7O/c1-21(2)41(22(3)4)19-25-14-26(34)7-9-31(25)42-32-17-36-20-37-33(32)39-27-10-12-40(13-11-27)18-24-6-8-30-29(23(24)5)15-28(16-35)38-30/h6-9,14-15,17,20-22,27,38H,10-13,18-19H2,1-5H3,(H,36,37,39). The molecule has 2 N–H and O–H groups in total. The Balaban J connectivity index is 1.24. The summed E-state index contributed by atoms with van der Waals surface area (Å²) < 4.78 is 20.6. The molecule has 220 valence electrons. The first kappa shape index (κ1) is 29.5. The molecular weight excluding hydrogens is 529 g/mol. The quantitative estimate of drug-likeness (QED) is 0.218. The zero-order valence-electron chi connectivity index (χ0n) is 25.1. The molecule has 0 spiro atoms. The van der Waals surface area contributed by atoms with E-state index in [0.29, 0.717) is 41.6 Å². The number of H-pyrrole nitrogens is 1. The second-order valence-corrected chi connectivity index (χ2v) is 11.8. The molecule has 0 radical (unpaired) electrons. The predicted octanol–water partition coefficient (Wildman–Crippen LogP) is 6.76. The molecule has 0 atom stereocenters. The maximum atomic E-state index is 14.3. The highest BCUT2D eigenvalue weighted by Crippen LogP contribution is 2.32. The van der Waals surface area contributed by atoms with Gasteiger partial charge in [-0.15, -0.1) is 0 Å². The third-order valence-corrected chi connectivity index (χ3v) is 8.23. The van der Waals surface area contributed by atoms with Gasteiger partial charge in [0, 0.05) is 60.8 Å².